The highest BCUT2D eigenvalue weighted by molar-refractivity contribution is 5.93. The maximum absolute atomic E-state index is 12.3. The number of amides is 1. The van der Waals surface area contributed by atoms with Gasteiger partial charge in [0.25, 0.3) is 5.91 Å². The fourth-order valence-corrected chi connectivity index (χ4v) is 2.92. The molecule has 1 saturated carbocycles. The predicted octanol–water partition coefficient (Wildman–Crippen LogP) is 2.16. The predicted molar refractivity (Wildman–Crippen MR) is 91.8 cm³/mol. The maximum Gasteiger partial charge on any atom is 0.273 e. The summed E-state index contributed by atoms with van der Waals surface area (Å²) in [6, 6.07) is 7.97. The zero-order valence-corrected chi connectivity index (χ0v) is 14.5. The zero-order valence-electron chi connectivity index (χ0n) is 14.5. The van der Waals surface area contributed by atoms with Gasteiger partial charge in [0.15, 0.2) is 11.5 Å². The molecule has 2 aromatic heterocycles. The Labute approximate surface area is 154 Å². The van der Waals surface area contributed by atoms with Crippen LogP contribution in [-0.2, 0) is 0 Å². The van der Waals surface area contributed by atoms with E-state index in [2.05, 4.69) is 20.7 Å². The fraction of sp³-hybridized carbons (Fsp3) is 0.333. The van der Waals surface area contributed by atoms with Gasteiger partial charge < -0.3 is 24.5 Å². The van der Waals surface area contributed by atoms with E-state index in [0.717, 1.165) is 0 Å². The highest BCUT2D eigenvalue weighted by atomic mass is 16.5. The second kappa shape index (κ2) is 6.84. The van der Waals surface area contributed by atoms with Crippen LogP contribution in [0.1, 0.15) is 54.1 Å². The Balaban J connectivity index is 1.33. The number of aliphatic hydroxyl groups excluding tert-OH is 1. The first-order chi connectivity index (χ1) is 13.0. The lowest BCUT2D eigenvalue weighted by Crippen LogP contribution is -2.43. The third-order valence-corrected chi connectivity index (χ3v) is 4.53. The van der Waals surface area contributed by atoms with E-state index in [1.165, 1.54) is 12.1 Å². The largest absolute Gasteiger partial charge is 0.508 e. The summed E-state index contributed by atoms with van der Waals surface area (Å²) in [5, 5.41) is 33.2. The number of benzene rings is 1. The number of nitrogens with one attached hydrogen (secondary N) is 1. The normalized spacial score (nSPS) is 20.1. The molecule has 1 aliphatic rings. The number of hydrogen-bond donors (Lipinski definition) is 3. The SMILES string of the molecule is C[C@@H](O)c1nnc([C@H]2C[C@H](NC(=O)c3cc(-c4ccc(O)cc4)on3)C2)o1. The van der Waals surface area contributed by atoms with Crippen LogP contribution in [0.25, 0.3) is 11.3 Å². The molecule has 0 unspecified atom stereocenters. The van der Waals surface area contributed by atoms with Gasteiger partial charge in [-0.3, -0.25) is 4.79 Å². The molecule has 1 aliphatic carbocycles. The number of carbonyl (C=O) groups is 1. The highest BCUT2D eigenvalue weighted by Crippen LogP contribution is 2.36. The smallest absolute Gasteiger partial charge is 0.273 e. The molecular formula is C18H18N4O5. The number of rotatable bonds is 5. The van der Waals surface area contributed by atoms with Crippen LogP contribution in [-0.4, -0.2) is 37.5 Å². The Kier molecular flexibility index (Phi) is 4.36. The minimum absolute atomic E-state index is 0.0155. The van der Waals surface area contributed by atoms with Crippen LogP contribution in [0.3, 0.4) is 0 Å². The molecule has 9 nitrogen and oxygen atoms in total. The maximum atomic E-state index is 12.3. The van der Waals surface area contributed by atoms with Crippen molar-refractivity contribution < 1.29 is 23.9 Å². The van der Waals surface area contributed by atoms with E-state index in [1.807, 2.05) is 0 Å². The first-order valence-corrected chi connectivity index (χ1v) is 8.58. The average Bonchev–Trinajstić information content (AvgIpc) is 3.28. The molecule has 1 amide bonds. The standard InChI is InChI=1S/C18H18N4O5/c1-9(23)17-20-21-18(26-17)11-6-12(7-11)19-16(25)14-8-15(27-22-14)10-2-4-13(24)5-3-10/h2-5,8-9,11-12,23-24H,6-7H2,1H3,(H,19,25)/t9-,11-,12-/m1/s1. The van der Waals surface area contributed by atoms with Gasteiger partial charge in [-0.15, -0.1) is 10.2 Å². The third-order valence-electron chi connectivity index (χ3n) is 4.53. The van der Waals surface area contributed by atoms with Gasteiger partial charge in [-0.2, -0.15) is 0 Å². The monoisotopic (exact) mass is 370 g/mol. The summed E-state index contributed by atoms with van der Waals surface area (Å²) < 4.78 is 10.6. The Morgan fingerprint density at radius 3 is 2.67 bits per heavy atom. The van der Waals surface area contributed by atoms with Crippen molar-refractivity contribution in [2.45, 2.75) is 37.8 Å². The van der Waals surface area contributed by atoms with Crippen molar-refractivity contribution in [1.82, 2.24) is 20.7 Å². The minimum Gasteiger partial charge on any atom is -0.508 e. The first-order valence-electron chi connectivity index (χ1n) is 8.58. The van der Waals surface area contributed by atoms with Crippen molar-refractivity contribution in [3.63, 3.8) is 0 Å². The Morgan fingerprint density at radius 1 is 1.26 bits per heavy atom. The molecular weight excluding hydrogens is 352 g/mol. The number of hydrogen-bond acceptors (Lipinski definition) is 8. The van der Waals surface area contributed by atoms with Crippen LogP contribution < -0.4 is 5.32 Å². The third kappa shape index (κ3) is 3.54. The number of carbonyl (C=O) groups excluding carboxylic acids is 1. The number of phenolic OH excluding ortho intramolecular Hbond substituents is 1. The van der Waals surface area contributed by atoms with Crippen molar-refractivity contribution in [3.8, 4) is 17.1 Å². The van der Waals surface area contributed by atoms with Crippen molar-refractivity contribution >= 4 is 5.91 Å². The molecule has 27 heavy (non-hydrogen) atoms. The number of aromatic hydroxyl groups is 1. The van der Waals surface area contributed by atoms with Crippen LogP contribution in [0, 0.1) is 0 Å². The van der Waals surface area contributed by atoms with Gasteiger partial charge in [0.05, 0.1) is 0 Å². The Morgan fingerprint density at radius 2 is 2.00 bits per heavy atom. The molecule has 3 aromatic rings. The molecule has 0 bridgehead atoms. The molecule has 9 heteroatoms. The molecule has 4 rings (SSSR count). The number of aromatic nitrogens is 3. The minimum atomic E-state index is -0.795. The van der Waals surface area contributed by atoms with Crippen molar-refractivity contribution in [2.75, 3.05) is 0 Å². The molecule has 1 fully saturated rings. The van der Waals surface area contributed by atoms with Crippen LogP contribution in [0.2, 0.25) is 0 Å². The lowest BCUT2D eigenvalue weighted by atomic mass is 9.80. The van der Waals surface area contributed by atoms with E-state index in [0.29, 0.717) is 30.1 Å². The van der Waals surface area contributed by atoms with E-state index >= 15 is 0 Å². The second-order valence-corrected chi connectivity index (χ2v) is 6.62. The van der Waals surface area contributed by atoms with Crippen LogP contribution in [0.5, 0.6) is 5.75 Å². The molecule has 2 heterocycles. The quantitative estimate of drug-likeness (QED) is 0.622. The van der Waals surface area contributed by atoms with E-state index in [-0.39, 0.29) is 35.2 Å². The summed E-state index contributed by atoms with van der Waals surface area (Å²) in [6.45, 7) is 1.56. The summed E-state index contributed by atoms with van der Waals surface area (Å²) >= 11 is 0. The number of nitrogens with zero attached hydrogens (tertiary/aromatic N) is 3. The molecule has 0 radical (unpaired) electrons. The second-order valence-electron chi connectivity index (χ2n) is 6.62. The molecule has 0 saturated heterocycles. The van der Waals surface area contributed by atoms with Gasteiger partial charge in [-0.05, 0) is 44.0 Å². The fourth-order valence-electron chi connectivity index (χ4n) is 2.92. The van der Waals surface area contributed by atoms with Gasteiger partial charge >= 0.3 is 0 Å². The zero-order chi connectivity index (χ0) is 19.0. The van der Waals surface area contributed by atoms with E-state index in [9.17, 15) is 15.0 Å². The van der Waals surface area contributed by atoms with E-state index in [1.54, 1.807) is 25.1 Å². The lowest BCUT2D eigenvalue weighted by molar-refractivity contribution is 0.0892. The molecule has 140 valence electrons. The summed E-state index contributed by atoms with van der Waals surface area (Å²) in [5.74, 6) is 1.03. The molecule has 0 aliphatic heterocycles. The molecule has 3 N–H and O–H groups in total. The van der Waals surface area contributed by atoms with Gasteiger partial charge in [0, 0.05) is 23.6 Å². The van der Waals surface area contributed by atoms with Gasteiger partial charge in [0.2, 0.25) is 11.8 Å². The molecule has 1 atom stereocenters. The van der Waals surface area contributed by atoms with Gasteiger partial charge in [-0.1, -0.05) is 5.16 Å². The van der Waals surface area contributed by atoms with E-state index in [4.69, 9.17) is 8.94 Å². The van der Waals surface area contributed by atoms with Crippen molar-refractivity contribution in [2.24, 2.45) is 0 Å². The summed E-state index contributed by atoms with van der Waals surface area (Å²) in [5.41, 5.74) is 0.907. The van der Waals surface area contributed by atoms with E-state index < -0.39 is 6.10 Å². The number of aliphatic hydroxyl groups is 1. The average molecular weight is 370 g/mol. The van der Waals surface area contributed by atoms with Crippen molar-refractivity contribution in [1.29, 1.82) is 0 Å². The lowest BCUT2D eigenvalue weighted by Gasteiger charge is -2.33. The van der Waals surface area contributed by atoms with Crippen LogP contribution in [0.15, 0.2) is 39.3 Å². The van der Waals surface area contributed by atoms with Crippen molar-refractivity contribution in [3.05, 3.63) is 47.8 Å². The highest BCUT2D eigenvalue weighted by Gasteiger charge is 2.36. The van der Waals surface area contributed by atoms with Crippen LogP contribution in [0.4, 0.5) is 0 Å². The Bertz CT molecular complexity index is 941. The first kappa shape index (κ1) is 17.2. The van der Waals surface area contributed by atoms with Crippen LogP contribution >= 0.6 is 0 Å². The Hall–Kier alpha value is -3.20. The number of phenols is 1. The van der Waals surface area contributed by atoms with Gasteiger partial charge in [0.1, 0.15) is 11.9 Å². The summed E-state index contributed by atoms with van der Waals surface area (Å²) in [6.07, 6.45) is 0.558. The molecule has 1 aromatic carbocycles. The molecule has 0 spiro atoms. The van der Waals surface area contributed by atoms with Gasteiger partial charge in [-0.25, -0.2) is 0 Å². The topological polar surface area (TPSA) is 135 Å². The summed E-state index contributed by atoms with van der Waals surface area (Å²) in [7, 11) is 0. The summed E-state index contributed by atoms with van der Waals surface area (Å²) in [4.78, 5) is 12.3.